The number of thioether (sulfide) groups is 1. The van der Waals surface area contributed by atoms with Crippen LogP contribution in [0.1, 0.15) is 29.9 Å². The monoisotopic (exact) mass is 519 g/mol. The van der Waals surface area contributed by atoms with Crippen LogP contribution in [0.15, 0.2) is 64.1 Å². The number of nitrogens with zero attached hydrogens (tertiary/aromatic N) is 5. The molecule has 4 rings (SSSR count). The van der Waals surface area contributed by atoms with Crippen molar-refractivity contribution in [3.8, 4) is 0 Å². The minimum atomic E-state index is -3.84. The summed E-state index contributed by atoms with van der Waals surface area (Å²) in [5.74, 6) is -0.0194. The lowest BCUT2D eigenvalue weighted by molar-refractivity contribution is 0.197. The van der Waals surface area contributed by atoms with Crippen molar-refractivity contribution in [3.05, 3.63) is 70.7 Å². The van der Waals surface area contributed by atoms with Gasteiger partial charge in [0, 0.05) is 24.0 Å². The number of hydrogen-bond donors (Lipinski definition) is 0. The van der Waals surface area contributed by atoms with E-state index in [1.165, 1.54) is 16.1 Å². The molecule has 1 saturated heterocycles. The van der Waals surface area contributed by atoms with Crippen LogP contribution in [-0.4, -0.2) is 79.5 Å². The molecule has 1 unspecified atom stereocenters. The number of piperidine rings is 1. The Labute approximate surface area is 211 Å². The zero-order chi connectivity index (χ0) is 24.3. The summed E-state index contributed by atoms with van der Waals surface area (Å²) in [7, 11) is -0.154. The molecule has 2 aliphatic heterocycles. The quantitative estimate of drug-likeness (QED) is 0.439. The first-order valence-electron chi connectivity index (χ1n) is 11.3. The Bertz CT molecular complexity index is 1150. The van der Waals surface area contributed by atoms with Crippen LogP contribution in [0.2, 0.25) is 5.02 Å². The van der Waals surface area contributed by atoms with Gasteiger partial charge in [-0.1, -0.05) is 65.8 Å². The summed E-state index contributed by atoms with van der Waals surface area (Å²) in [6.07, 6.45) is 3.43. The van der Waals surface area contributed by atoms with Gasteiger partial charge in [0.15, 0.2) is 5.17 Å². The number of halogens is 1. The summed E-state index contributed by atoms with van der Waals surface area (Å²) in [5, 5.41) is 7.59. The average molecular weight is 520 g/mol. The van der Waals surface area contributed by atoms with E-state index in [-0.39, 0.29) is 12.0 Å². The lowest BCUT2D eigenvalue weighted by Gasteiger charge is -2.33. The highest BCUT2D eigenvalue weighted by Crippen LogP contribution is 2.31. The number of rotatable bonds is 5. The predicted octanol–water partition coefficient (Wildman–Crippen LogP) is 4.13. The molecule has 2 aliphatic rings. The van der Waals surface area contributed by atoms with Gasteiger partial charge < -0.3 is 4.90 Å². The van der Waals surface area contributed by atoms with Crippen LogP contribution in [0.25, 0.3) is 0 Å². The molecule has 0 radical (unpaired) electrons. The first-order valence-corrected chi connectivity index (χ1v) is 14.3. The van der Waals surface area contributed by atoms with Crippen molar-refractivity contribution in [3.63, 3.8) is 0 Å². The van der Waals surface area contributed by atoms with Gasteiger partial charge in [0.1, 0.15) is 0 Å². The third-order valence-electron chi connectivity index (χ3n) is 6.42. The van der Waals surface area contributed by atoms with Crippen LogP contribution in [0, 0.1) is 0 Å². The number of benzene rings is 2. The summed E-state index contributed by atoms with van der Waals surface area (Å²) < 4.78 is 32.1. The Kier molecular flexibility index (Phi) is 7.99. The van der Waals surface area contributed by atoms with Crippen molar-refractivity contribution in [1.82, 2.24) is 14.2 Å². The predicted molar refractivity (Wildman–Crippen MR) is 142 cm³/mol. The van der Waals surface area contributed by atoms with Crippen molar-refractivity contribution >= 4 is 44.5 Å². The summed E-state index contributed by atoms with van der Waals surface area (Å²) in [6.45, 7) is 2.27. The third-order valence-corrected chi connectivity index (χ3v) is 8.88. The molecule has 182 valence electrons. The lowest BCUT2D eigenvalue weighted by atomic mass is 9.91. The van der Waals surface area contributed by atoms with Gasteiger partial charge in [0.05, 0.1) is 12.3 Å². The van der Waals surface area contributed by atoms with E-state index in [9.17, 15) is 8.42 Å². The first kappa shape index (κ1) is 25.2. The molecule has 0 saturated carbocycles. The number of hydrogen-bond acceptors (Lipinski definition) is 5. The largest absolute Gasteiger partial charge is 0.324 e. The van der Waals surface area contributed by atoms with E-state index in [1.807, 2.05) is 48.7 Å². The highest BCUT2D eigenvalue weighted by Gasteiger charge is 2.34. The Balaban J connectivity index is 1.64. The zero-order valence-electron chi connectivity index (χ0n) is 19.6. The fourth-order valence-corrected chi connectivity index (χ4v) is 6.39. The molecule has 1 atom stereocenters. The molecule has 2 aromatic carbocycles. The first-order chi connectivity index (χ1) is 16.3. The molecular formula is C24H30ClN5O2S2. The second-order valence-electron chi connectivity index (χ2n) is 8.64. The van der Waals surface area contributed by atoms with Gasteiger partial charge >= 0.3 is 10.2 Å². The maximum absolute atomic E-state index is 13.2. The van der Waals surface area contributed by atoms with Gasteiger partial charge in [-0.15, -0.1) is 4.40 Å². The highest BCUT2D eigenvalue weighted by atomic mass is 35.5. The number of amidine groups is 1. The van der Waals surface area contributed by atoms with Gasteiger partial charge in [-0.2, -0.15) is 17.8 Å². The fourth-order valence-electron chi connectivity index (χ4n) is 4.35. The average Bonchev–Trinajstić information content (AvgIpc) is 3.29. The van der Waals surface area contributed by atoms with Crippen LogP contribution in [0.5, 0.6) is 0 Å². The minimum absolute atomic E-state index is 0.0194. The lowest BCUT2D eigenvalue weighted by Crippen LogP contribution is -2.44. The number of hydrazone groups is 1. The Morgan fingerprint density at radius 2 is 1.76 bits per heavy atom. The van der Waals surface area contributed by atoms with Crippen LogP contribution in [0.4, 0.5) is 0 Å². The van der Waals surface area contributed by atoms with E-state index >= 15 is 0 Å². The second-order valence-corrected chi connectivity index (χ2v) is 11.5. The molecule has 0 spiro atoms. The van der Waals surface area contributed by atoms with E-state index in [1.54, 1.807) is 12.1 Å². The fraction of sp³-hybridized carbons (Fsp3) is 0.417. The van der Waals surface area contributed by atoms with Gasteiger partial charge in [0.25, 0.3) is 0 Å². The SMILES string of the molecule is CSC(=NS(=O)(=O)N(C)C1CCN(C)CC1)N1CC(c2ccccc2)C(c2ccc(Cl)cc2)=N1. The van der Waals surface area contributed by atoms with Crippen molar-refractivity contribution in [2.45, 2.75) is 24.8 Å². The summed E-state index contributed by atoms with van der Waals surface area (Å²) in [6, 6.07) is 17.7. The standard InChI is InChI=1S/C24H30ClN5O2S2/c1-28-15-13-21(14-16-28)29(2)34(31,32)27-24(33-3)30-17-22(18-7-5-4-6-8-18)23(26-30)19-9-11-20(25)12-10-19/h4-12,21-22H,13-17H2,1-3H3. The molecule has 0 bridgehead atoms. The molecule has 2 heterocycles. The Morgan fingerprint density at radius 1 is 1.12 bits per heavy atom. The van der Waals surface area contributed by atoms with E-state index in [0.29, 0.717) is 16.7 Å². The molecule has 7 nitrogen and oxygen atoms in total. The van der Waals surface area contributed by atoms with E-state index in [0.717, 1.165) is 42.8 Å². The Hall–Kier alpha value is -1.91. The smallest absolute Gasteiger partial charge is 0.306 e. The molecule has 2 aromatic rings. The molecule has 1 fully saturated rings. The van der Waals surface area contributed by atoms with Crippen LogP contribution >= 0.6 is 23.4 Å². The molecule has 0 N–H and O–H groups in total. The van der Waals surface area contributed by atoms with E-state index in [4.69, 9.17) is 16.7 Å². The summed E-state index contributed by atoms with van der Waals surface area (Å²) >= 11 is 7.39. The molecule has 0 amide bonds. The molecule has 34 heavy (non-hydrogen) atoms. The van der Waals surface area contributed by atoms with Gasteiger partial charge in [-0.05, 0) is 62.5 Å². The third kappa shape index (κ3) is 5.66. The van der Waals surface area contributed by atoms with Gasteiger partial charge in [0.2, 0.25) is 0 Å². The normalized spacial score (nSPS) is 20.7. The second kappa shape index (κ2) is 10.8. The van der Waals surface area contributed by atoms with Crippen molar-refractivity contribution in [1.29, 1.82) is 0 Å². The summed E-state index contributed by atoms with van der Waals surface area (Å²) in [5.41, 5.74) is 2.93. The molecule has 0 aromatic heterocycles. The van der Waals surface area contributed by atoms with Crippen LogP contribution in [-0.2, 0) is 10.2 Å². The number of likely N-dealkylation sites (tertiary alicyclic amines) is 1. The summed E-state index contributed by atoms with van der Waals surface area (Å²) in [4.78, 5) is 2.22. The zero-order valence-corrected chi connectivity index (χ0v) is 22.0. The van der Waals surface area contributed by atoms with Crippen molar-refractivity contribution in [2.75, 3.05) is 40.0 Å². The molecule has 10 heteroatoms. The van der Waals surface area contributed by atoms with E-state index < -0.39 is 10.2 Å². The molecule has 0 aliphatic carbocycles. The highest BCUT2D eigenvalue weighted by molar-refractivity contribution is 8.13. The van der Waals surface area contributed by atoms with Crippen molar-refractivity contribution < 1.29 is 8.42 Å². The maximum Gasteiger partial charge on any atom is 0.324 e. The minimum Gasteiger partial charge on any atom is -0.306 e. The topological polar surface area (TPSA) is 68.6 Å². The van der Waals surface area contributed by atoms with Crippen LogP contribution < -0.4 is 0 Å². The van der Waals surface area contributed by atoms with Gasteiger partial charge in [-0.25, -0.2) is 5.01 Å². The van der Waals surface area contributed by atoms with Gasteiger partial charge in [-0.3, -0.25) is 0 Å². The van der Waals surface area contributed by atoms with Crippen LogP contribution in [0.3, 0.4) is 0 Å². The Morgan fingerprint density at radius 3 is 2.38 bits per heavy atom. The maximum atomic E-state index is 13.2. The van der Waals surface area contributed by atoms with E-state index in [2.05, 4.69) is 28.5 Å². The molecular weight excluding hydrogens is 490 g/mol. The van der Waals surface area contributed by atoms with Crippen molar-refractivity contribution in [2.24, 2.45) is 9.50 Å².